The van der Waals surface area contributed by atoms with E-state index in [1.54, 1.807) is 10.9 Å². The third-order valence-electron chi connectivity index (χ3n) is 4.62. The minimum atomic E-state index is -0.803. The van der Waals surface area contributed by atoms with Gasteiger partial charge in [-0.1, -0.05) is 43.8 Å². The molecule has 4 amide bonds. The van der Waals surface area contributed by atoms with Gasteiger partial charge in [0.2, 0.25) is 5.91 Å². The van der Waals surface area contributed by atoms with E-state index in [9.17, 15) is 14.4 Å². The number of hydrogen-bond donors (Lipinski definition) is 3. The van der Waals surface area contributed by atoms with Crippen LogP contribution in [0, 0.1) is 0 Å². The molecule has 1 unspecified atom stereocenters. The maximum Gasteiger partial charge on any atom is 0.321 e. The zero-order valence-electron chi connectivity index (χ0n) is 17.0. The zero-order chi connectivity index (χ0) is 22.0. The first-order chi connectivity index (χ1) is 14.9. The van der Waals surface area contributed by atoms with E-state index in [-0.39, 0.29) is 24.1 Å². The van der Waals surface area contributed by atoms with Gasteiger partial charge in [0.1, 0.15) is 16.9 Å². The monoisotopic (exact) mass is 439 g/mol. The average Bonchev–Trinajstić information content (AvgIpc) is 3.19. The Morgan fingerprint density at radius 2 is 2.03 bits per heavy atom. The summed E-state index contributed by atoms with van der Waals surface area (Å²) in [6, 6.07) is 8.30. The first kappa shape index (κ1) is 20.8. The lowest BCUT2D eigenvalue weighted by Gasteiger charge is -2.22. The largest absolute Gasteiger partial charge is 0.342 e. The average molecular weight is 440 g/mol. The molecule has 4 rings (SSSR count). The van der Waals surface area contributed by atoms with E-state index in [4.69, 9.17) is 4.98 Å². The van der Waals surface area contributed by atoms with Crippen molar-refractivity contribution >= 4 is 40.6 Å². The molecule has 1 atom stereocenters. The number of para-hydroxylation sites is 1. The number of carbonyl (C=O) groups is 3. The second-order valence-electron chi connectivity index (χ2n) is 7.28. The minimum absolute atomic E-state index is 0.0535. The van der Waals surface area contributed by atoms with Crippen molar-refractivity contribution in [2.75, 3.05) is 12.3 Å². The lowest BCUT2D eigenvalue weighted by Crippen LogP contribution is -2.61. The smallest absolute Gasteiger partial charge is 0.321 e. The number of urea groups is 1. The summed E-state index contributed by atoms with van der Waals surface area (Å²) in [7, 11) is 0. The Balaban J connectivity index is 1.56. The predicted octanol–water partition coefficient (Wildman–Crippen LogP) is 1.36. The Kier molecular flexibility index (Phi) is 5.85. The maximum atomic E-state index is 12.4. The van der Waals surface area contributed by atoms with Crippen LogP contribution in [-0.2, 0) is 9.59 Å². The topological polar surface area (TPSA) is 131 Å². The van der Waals surface area contributed by atoms with Crippen LogP contribution in [0.2, 0.25) is 0 Å². The van der Waals surface area contributed by atoms with Crippen molar-refractivity contribution in [2.24, 2.45) is 0 Å². The number of nitrogens with zero attached hydrogens (tertiary/aromatic N) is 4. The van der Waals surface area contributed by atoms with E-state index >= 15 is 0 Å². The summed E-state index contributed by atoms with van der Waals surface area (Å²) in [5, 5.41) is 13.1. The molecule has 11 heteroatoms. The fourth-order valence-corrected chi connectivity index (χ4v) is 3.85. The van der Waals surface area contributed by atoms with Crippen molar-refractivity contribution < 1.29 is 14.4 Å². The van der Waals surface area contributed by atoms with Crippen LogP contribution in [0.3, 0.4) is 0 Å². The molecule has 31 heavy (non-hydrogen) atoms. The molecular weight excluding hydrogens is 418 g/mol. The number of benzene rings is 1. The Morgan fingerprint density at radius 1 is 1.26 bits per heavy atom. The van der Waals surface area contributed by atoms with E-state index in [0.29, 0.717) is 16.5 Å². The quantitative estimate of drug-likeness (QED) is 0.390. The van der Waals surface area contributed by atoms with E-state index in [0.717, 1.165) is 11.1 Å². The van der Waals surface area contributed by atoms with E-state index in [1.165, 1.54) is 11.8 Å². The number of nitrogens with one attached hydrogen (secondary N) is 3. The van der Waals surface area contributed by atoms with Gasteiger partial charge in [-0.05, 0) is 12.1 Å². The van der Waals surface area contributed by atoms with E-state index in [1.807, 2.05) is 44.2 Å². The van der Waals surface area contributed by atoms with Crippen molar-refractivity contribution in [1.82, 2.24) is 35.7 Å². The zero-order valence-corrected chi connectivity index (χ0v) is 17.8. The highest BCUT2D eigenvalue weighted by Crippen LogP contribution is 2.28. The molecule has 1 aliphatic rings. The number of rotatable bonds is 6. The summed E-state index contributed by atoms with van der Waals surface area (Å²) in [6.07, 6.45) is 1.69. The van der Waals surface area contributed by atoms with Crippen molar-refractivity contribution in [2.45, 2.75) is 30.8 Å². The summed E-state index contributed by atoms with van der Waals surface area (Å²) in [4.78, 5) is 44.7. The van der Waals surface area contributed by atoms with Crippen molar-refractivity contribution in [3.8, 4) is 5.69 Å². The highest BCUT2D eigenvalue weighted by molar-refractivity contribution is 8.00. The molecular formula is C20H21N7O3S. The van der Waals surface area contributed by atoms with Crippen LogP contribution < -0.4 is 16.0 Å². The molecule has 0 bridgehead atoms. The number of thioether (sulfide) groups is 1. The highest BCUT2D eigenvalue weighted by atomic mass is 32.2. The fourth-order valence-electron chi connectivity index (χ4n) is 3.04. The highest BCUT2D eigenvalue weighted by Gasteiger charge is 2.27. The molecule has 1 aromatic carbocycles. The molecule has 3 heterocycles. The van der Waals surface area contributed by atoms with Crippen molar-refractivity contribution in [1.29, 1.82) is 0 Å². The molecule has 0 saturated carbocycles. The van der Waals surface area contributed by atoms with Gasteiger partial charge in [0.05, 0.1) is 23.0 Å². The fraction of sp³-hybridized carbons (Fsp3) is 0.300. The Labute approximate surface area is 182 Å². The number of hydrogen-bond acceptors (Lipinski definition) is 7. The van der Waals surface area contributed by atoms with Gasteiger partial charge < -0.3 is 10.6 Å². The lowest BCUT2D eigenvalue weighted by molar-refractivity contribution is -0.127. The van der Waals surface area contributed by atoms with Crippen LogP contribution in [0.5, 0.6) is 0 Å². The van der Waals surface area contributed by atoms with Crippen LogP contribution in [-0.4, -0.2) is 55.9 Å². The summed E-state index contributed by atoms with van der Waals surface area (Å²) < 4.78 is 1.75. The summed E-state index contributed by atoms with van der Waals surface area (Å²) in [6.45, 7) is 4.06. The molecule has 3 N–H and O–H groups in total. The summed E-state index contributed by atoms with van der Waals surface area (Å²) in [5.74, 6) is -0.0705. The van der Waals surface area contributed by atoms with E-state index in [2.05, 4.69) is 26.0 Å². The van der Waals surface area contributed by atoms with Gasteiger partial charge in [0.25, 0.3) is 5.91 Å². The number of fused-ring (bicyclic) bond motifs is 1. The van der Waals surface area contributed by atoms with Gasteiger partial charge in [-0.2, -0.15) is 5.10 Å². The number of amides is 4. The standard InChI is InChI=1S/C20H21N7O3S/c1-11(2)16-24-17-13(8-22-27(17)12-6-4-3-5-7-12)19(25-16)31-10-15(28)23-14-9-21-20(30)26-18(14)29/h3-8,11,14H,9-10H2,1-2H3,(H,23,28)(H2,21,26,29,30). The molecule has 3 aromatic rings. The summed E-state index contributed by atoms with van der Waals surface area (Å²) >= 11 is 1.25. The molecule has 10 nitrogen and oxygen atoms in total. The third kappa shape index (κ3) is 4.50. The molecule has 160 valence electrons. The van der Waals surface area contributed by atoms with Gasteiger partial charge >= 0.3 is 6.03 Å². The van der Waals surface area contributed by atoms with Crippen LogP contribution in [0.25, 0.3) is 16.7 Å². The second kappa shape index (κ2) is 8.72. The van der Waals surface area contributed by atoms with Crippen LogP contribution >= 0.6 is 11.8 Å². The molecule has 1 saturated heterocycles. The van der Waals surface area contributed by atoms with Crippen molar-refractivity contribution in [3.63, 3.8) is 0 Å². The molecule has 0 spiro atoms. The van der Waals surface area contributed by atoms with Gasteiger partial charge in [-0.15, -0.1) is 0 Å². The Bertz CT molecular complexity index is 1150. The van der Waals surface area contributed by atoms with Crippen LogP contribution in [0.4, 0.5) is 4.79 Å². The van der Waals surface area contributed by atoms with Gasteiger partial charge in [0, 0.05) is 12.5 Å². The normalized spacial score (nSPS) is 16.3. The van der Waals surface area contributed by atoms with Gasteiger partial charge in [0.15, 0.2) is 5.65 Å². The molecule has 1 fully saturated rings. The number of imide groups is 1. The number of carbonyl (C=O) groups excluding carboxylic acids is 3. The minimum Gasteiger partial charge on any atom is -0.342 e. The van der Waals surface area contributed by atoms with Crippen molar-refractivity contribution in [3.05, 3.63) is 42.4 Å². The van der Waals surface area contributed by atoms with Gasteiger partial charge in [-0.25, -0.2) is 19.4 Å². The first-order valence-corrected chi connectivity index (χ1v) is 10.7. The first-order valence-electron chi connectivity index (χ1n) is 9.74. The SMILES string of the molecule is CC(C)c1nc(SCC(=O)NC2CNC(=O)NC2=O)c2cnn(-c3ccccc3)c2n1. The van der Waals surface area contributed by atoms with Crippen LogP contribution in [0.1, 0.15) is 25.6 Å². The van der Waals surface area contributed by atoms with E-state index < -0.39 is 18.0 Å². The predicted molar refractivity (Wildman–Crippen MR) is 115 cm³/mol. The van der Waals surface area contributed by atoms with Gasteiger partial charge in [-0.3, -0.25) is 14.9 Å². The summed E-state index contributed by atoms with van der Waals surface area (Å²) in [5.41, 5.74) is 1.55. The lowest BCUT2D eigenvalue weighted by atomic mass is 10.2. The van der Waals surface area contributed by atoms with Crippen LogP contribution in [0.15, 0.2) is 41.6 Å². The maximum absolute atomic E-state index is 12.4. The molecule has 0 aliphatic carbocycles. The number of aromatic nitrogens is 4. The molecule has 2 aromatic heterocycles. The Morgan fingerprint density at radius 3 is 2.74 bits per heavy atom. The molecule has 1 aliphatic heterocycles. The molecule has 0 radical (unpaired) electrons. The Hall–Kier alpha value is -3.47. The second-order valence-corrected chi connectivity index (χ2v) is 8.24. The third-order valence-corrected chi connectivity index (χ3v) is 5.61.